The van der Waals surface area contributed by atoms with E-state index in [9.17, 15) is 4.79 Å². The van der Waals surface area contributed by atoms with Crippen molar-refractivity contribution in [2.24, 2.45) is 5.73 Å². The molecule has 0 bridgehead atoms. The lowest BCUT2D eigenvalue weighted by atomic mass is 10.1. The number of nitrogens with two attached hydrogens (primary N) is 1. The minimum atomic E-state index is -0.877. The third-order valence-corrected chi connectivity index (χ3v) is 5.20. The molecule has 0 saturated carbocycles. The molecule has 1 amide bonds. The molecule has 148 valence electrons. The molecule has 2 rings (SSSR count). The number of ether oxygens (including phenoxy) is 2. The number of halogens is 2. The van der Waals surface area contributed by atoms with Gasteiger partial charge in [-0.2, -0.15) is 0 Å². The molecule has 0 spiro atoms. The van der Waals surface area contributed by atoms with Crippen LogP contribution >= 0.6 is 35.0 Å². The van der Waals surface area contributed by atoms with Crippen molar-refractivity contribution in [1.82, 2.24) is 9.55 Å². The molecule has 6 nitrogen and oxygen atoms in total. The lowest BCUT2D eigenvalue weighted by molar-refractivity contribution is -0.0993. The van der Waals surface area contributed by atoms with Crippen LogP contribution in [0.2, 0.25) is 10.0 Å². The Labute approximate surface area is 173 Å². The van der Waals surface area contributed by atoms with Gasteiger partial charge in [0.1, 0.15) is 17.5 Å². The predicted octanol–water partition coefficient (Wildman–Crippen LogP) is 5.44. The molecule has 0 saturated heterocycles. The van der Waals surface area contributed by atoms with Crippen molar-refractivity contribution >= 4 is 41.1 Å². The van der Waals surface area contributed by atoms with Crippen molar-refractivity contribution in [3.63, 3.8) is 0 Å². The van der Waals surface area contributed by atoms with E-state index in [-0.39, 0.29) is 12.5 Å². The smallest absolute Gasteiger partial charge is 0.406 e. The Morgan fingerprint density at radius 1 is 1.26 bits per heavy atom. The molecule has 0 radical (unpaired) electrons. The second-order valence-corrected chi connectivity index (χ2v) is 8.08. The zero-order valence-electron chi connectivity index (χ0n) is 15.7. The van der Waals surface area contributed by atoms with Crippen LogP contribution in [0.15, 0.2) is 28.1 Å². The van der Waals surface area contributed by atoms with Gasteiger partial charge in [-0.1, -0.05) is 48.8 Å². The molecule has 1 heterocycles. The van der Waals surface area contributed by atoms with Gasteiger partial charge in [-0.3, -0.25) is 0 Å². The van der Waals surface area contributed by atoms with E-state index in [4.69, 9.17) is 43.4 Å². The van der Waals surface area contributed by atoms with Gasteiger partial charge >= 0.3 is 6.09 Å². The van der Waals surface area contributed by atoms with E-state index in [2.05, 4.69) is 18.4 Å². The monoisotopic (exact) mass is 431 g/mol. The zero-order valence-corrected chi connectivity index (χ0v) is 18.0. The number of carbonyl (C=O) groups excluding carboxylic acids is 1. The zero-order chi connectivity index (χ0) is 20.1. The molecule has 27 heavy (non-hydrogen) atoms. The van der Waals surface area contributed by atoms with Crippen molar-refractivity contribution in [2.75, 3.05) is 0 Å². The lowest BCUT2D eigenvalue weighted by Crippen LogP contribution is -2.23. The number of hydrogen-bond acceptors (Lipinski definition) is 5. The summed E-state index contributed by atoms with van der Waals surface area (Å²) in [4.78, 5) is 16.5. The van der Waals surface area contributed by atoms with E-state index in [1.807, 2.05) is 19.1 Å². The standard InChI is InChI=1S/C18H23Cl2N3O3S/c1-5-23-15(9-25-11(4)26-18(21)24)22-16(10(2)3)17(23)27-14-7-12(19)6-13(20)8-14/h6-8,10-11H,5,9H2,1-4H3,(H2,21,24). The first-order valence-electron chi connectivity index (χ1n) is 8.52. The predicted molar refractivity (Wildman–Crippen MR) is 107 cm³/mol. The number of rotatable bonds is 8. The second-order valence-electron chi connectivity index (χ2n) is 6.14. The van der Waals surface area contributed by atoms with Crippen LogP contribution in [0, 0.1) is 0 Å². The summed E-state index contributed by atoms with van der Waals surface area (Å²) in [6.07, 6.45) is -1.63. The van der Waals surface area contributed by atoms with Crippen molar-refractivity contribution in [2.45, 2.75) is 63.0 Å². The fraction of sp³-hybridized carbons (Fsp3) is 0.444. The molecule has 2 aromatic rings. The minimum absolute atomic E-state index is 0.193. The van der Waals surface area contributed by atoms with E-state index in [1.54, 1.807) is 24.8 Å². The van der Waals surface area contributed by atoms with E-state index in [0.29, 0.717) is 16.6 Å². The van der Waals surface area contributed by atoms with Crippen LogP contribution in [0.25, 0.3) is 0 Å². The number of aromatic nitrogens is 2. The van der Waals surface area contributed by atoms with Gasteiger partial charge in [0.25, 0.3) is 0 Å². The summed E-state index contributed by atoms with van der Waals surface area (Å²) >= 11 is 13.8. The number of nitrogens with zero attached hydrogens (tertiary/aromatic N) is 2. The molecule has 0 fully saturated rings. The summed E-state index contributed by atoms with van der Waals surface area (Å²) in [7, 11) is 0. The molecular formula is C18H23Cl2N3O3S. The Hall–Kier alpha value is -1.41. The molecule has 0 aliphatic heterocycles. The molecule has 0 aliphatic carbocycles. The summed E-state index contributed by atoms with van der Waals surface area (Å²) < 4.78 is 12.4. The second kappa shape index (κ2) is 9.68. The fourth-order valence-corrected chi connectivity index (χ4v) is 4.49. The summed E-state index contributed by atoms with van der Waals surface area (Å²) in [6, 6.07) is 5.44. The van der Waals surface area contributed by atoms with Gasteiger partial charge in [0.2, 0.25) is 6.29 Å². The molecule has 1 aromatic carbocycles. The van der Waals surface area contributed by atoms with Gasteiger partial charge in [-0.05, 0) is 38.0 Å². The van der Waals surface area contributed by atoms with Gasteiger partial charge in [0.15, 0.2) is 0 Å². The maximum absolute atomic E-state index is 10.8. The highest BCUT2D eigenvalue weighted by atomic mass is 35.5. The number of primary amides is 1. The summed E-state index contributed by atoms with van der Waals surface area (Å²) in [5.74, 6) is 0.963. The highest BCUT2D eigenvalue weighted by molar-refractivity contribution is 7.99. The van der Waals surface area contributed by atoms with E-state index in [1.165, 1.54) is 0 Å². The van der Waals surface area contributed by atoms with Crippen LogP contribution in [-0.4, -0.2) is 21.9 Å². The van der Waals surface area contributed by atoms with Gasteiger partial charge < -0.3 is 19.8 Å². The molecule has 9 heteroatoms. The highest BCUT2D eigenvalue weighted by Crippen LogP contribution is 2.37. The first kappa shape index (κ1) is 21.9. The van der Waals surface area contributed by atoms with Crippen LogP contribution < -0.4 is 5.73 Å². The Balaban J connectivity index is 2.32. The third kappa shape index (κ3) is 6.04. The van der Waals surface area contributed by atoms with E-state index in [0.717, 1.165) is 21.4 Å². The van der Waals surface area contributed by atoms with Crippen LogP contribution in [0.5, 0.6) is 0 Å². The summed E-state index contributed by atoms with van der Waals surface area (Å²) in [5, 5.41) is 2.17. The Morgan fingerprint density at radius 2 is 1.89 bits per heavy atom. The molecular weight excluding hydrogens is 409 g/mol. The van der Waals surface area contributed by atoms with Crippen molar-refractivity contribution < 1.29 is 14.3 Å². The molecule has 1 aromatic heterocycles. The van der Waals surface area contributed by atoms with Crippen LogP contribution in [-0.2, 0) is 22.6 Å². The molecule has 1 unspecified atom stereocenters. The normalized spacial score (nSPS) is 12.4. The number of carbonyl (C=O) groups is 1. The number of amides is 1. The summed E-state index contributed by atoms with van der Waals surface area (Å²) in [6.45, 7) is 8.71. The maximum atomic E-state index is 10.8. The quantitative estimate of drug-likeness (QED) is 0.562. The third-order valence-electron chi connectivity index (χ3n) is 3.67. The number of hydrogen-bond donors (Lipinski definition) is 1. The number of benzene rings is 1. The lowest BCUT2D eigenvalue weighted by Gasteiger charge is -2.14. The van der Waals surface area contributed by atoms with E-state index >= 15 is 0 Å². The molecule has 1 atom stereocenters. The highest BCUT2D eigenvalue weighted by Gasteiger charge is 2.21. The number of imidazole rings is 1. The van der Waals surface area contributed by atoms with Crippen LogP contribution in [0.4, 0.5) is 4.79 Å². The molecule has 0 aliphatic rings. The van der Waals surface area contributed by atoms with Crippen LogP contribution in [0.3, 0.4) is 0 Å². The largest absolute Gasteiger partial charge is 0.420 e. The van der Waals surface area contributed by atoms with Crippen molar-refractivity contribution in [3.8, 4) is 0 Å². The Morgan fingerprint density at radius 3 is 2.41 bits per heavy atom. The molecule has 2 N–H and O–H groups in total. The van der Waals surface area contributed by atoms with Gasteiger partial charge in [-0.15, -0.1) is 0 Å². The van der Waals surface area contributed by atoms with Gasteiger partial charge in [-0.25, -0.2) is 9.78 Å². The topological polar surface area (TPSA) is 79.4 Å². The fourth-order valence-electron chi connectivity index (χ4n) is 2.51. The van der Waals surface area contributed by atoms with E-state index < -0.39 is 12.4 Å². The summed E-state index contributed by atoms with van der Waals surface area (Å²) in [5.41, 5.74) is 5.97. The average Bonchev–Trinajstić information content (AvgIpc) is 2.89. The Bertz CT molecular complexity index is 791. The SMILES string of the molecule is CCn1c(COC(C)OC(N)=O)nc(C(C)C)c1Sc1cc(Cl)cc(Cl)c1. The van der Waals surface area contributed by atoms with Gasteiger partial charge in [0, 0.05) is 21.5 Å². The maximum Gasteiger partial charge on any atom is 0.406 e. The van der Waals surface area contributed by atoms with Crippen molar-refractivity contribution in [1.29, 1.82) is 0 Å². The van der Waals surface area contributed by atoms with Crippen LogP contribution in [0.1, 0.15) is 45.1 Å². The first-order chi connectivity index (χ1) is 12.7. The average molecular weight is 432 g/mol. The Kier molecular flexibility index (Phi) is 7.85. The van der Waals surface area contributed by atoms with Gasteiger partial charge in [0.05, 0.1) is 5.69 Å². The van der Waals surface area contributed by atoms with Crippen molar-refractivity contribution in [3.05, 3.63) is 39.8 Å². The minimum Gasteiger partial charge on any atom is -0.420 e. The first-order valence-corrected chi connectivity index (χ1v) is 10.1.